The molecule has 0 bridgehead atoms. The normalized spacial score (nSPS) is 18.0. The molecular formula is C25H31N3O4S. The van der Waals surface area contributed by atoms with Crippen molar-refractivity contribution in [2.75, 3.05) is 37.6 Å². The van der Waals surface area contributed by atoms with Crippen molar-refractivity contribution in [1.29, 1.82) is 0 Å². The summed E-state index contributed by atoms with van der Waals surface area (Å²) in [6.45, 7) is 7.53. The van der Waals surface area contributed by atoms with Crippen LogP contribution in [0.1, 0.15) is 46.3 Å². The quantitative estimate of drug-likeness (QED) is 0.689. The van der Waals surface area contributed by atoms with E-state index in [0.717, 1.165) is 35.2 Å². The number of rotatable bonds is 4. The van der Waals surface area contributed by atoms with Gasteiger partial charge in [-0.1, -0.05) is 17.7 Å². The highest BCUT2D eigenvalue weighted by Crippen LogP contribution is 2.27. The van der Waals surface area contributed by atoms with Gasteiger partial charge >= 0.3 is 0 Å². The van der Waals surface area contributed by atoms with E-state index in [4.69, 9.17) is 0 Å². The molecule has 0 aromatic heterocycles. The Hall–Kier alpha value is -2.71. The molecule has 2 amide bonds. The molecule has 0 aliphatic carbocycles. The third kappa shape index (κ3) is 4.68. The lowest BCUT2D eigenvalue weighted by Crippen LogP contribution is -2.50. The maximum absolute atomic E-state index is 13.3. The van der Waals surface area contributed by atoms with Crippen LogP contribution in [0, 0.1) is 20.8 Å². The first-order chi connectivity index (χ1) is 15.7. The molecule has 0 radical (unpaired) electrons. The number of anilines is 1. The SMILES string of the molecule is Cc1cc(C)c(S(=O)(=O)N2CCN(C(=O)c3ccc(N4CCCCC4=O)cc3)CC2)c(C)c1. The standard InChI is InChI=1S/C25H31N3O4S/c1-18-16-19(2)24(20(3)17-18)33(31,32)27-14-12-26(13-15-27)25(30)21-7-9-22(10-8-21)28-11-5-4-6-23(28)29/h7-10,16-17H,4-6,11-15H2,1-3H3. The summed E-state index contributed by atoms with van der Waals surface area (Å²) < 4.78 is 28.1. The van der Waals surface area contributed by atoms with Gasteiger partial charge in [-0.25, -0.2) is 8.42 Å². The summed E-state index contributed by atoms with van der Waals surface area (Å²) in [6.07, 6.45) is 2.48. The predicted molar refractivity (Wildman–Crippen MR) is 128 cm³/mol. The maximum Gasteiger partial charge on any atom is 0.253 e. The van der Waals surface area contributed by atoms with Gasteiger partial charge in [-0.3, -0.25) is 9.59 Å². The molecule has 2 aliphatic heterocycles. The average Bonchev–Trinajstić information content (AvgIpc) is 2.78. The number of benzene rings is 2. The van der Waals surface area contributed by atoms with E-state index in [0.29, 0.717) is 36.5 Å². The molecule has 7 nitrogen and oxygen atoms in total. The molecule has 2 aromatic carbocycles. The molecule has 0 atom stereocenters. The van der Waals surface area contributed by atoms with Gasteiger partial charge in [0.1, 0.15) is 0 Å². The van der Waals surface area contributed by atoms with Crippen molar-refractivity contribution in [2.24, 2.45) is 0 Å². The molecule has 2 aliphatic rings. The summed E-state index contributed by atoms with van der Waals surface area (Å²) >= 11 is 0. The number of piperazine rings is 1. The van der Waals surface area contributed by atoms with Crippen LogP contribution in [0.25, 0.3) is 0 Å². The summed E-state index contributed by atoms with van der Waals surface area (Å²) in [4.78, 5) is 29.0. The van der Waals surface area contributed by atoms with Crippen molar-refractivity contribution < 1.29 is 18.0 Å². The van der Waals surface area contributed by atoms with Crippen LogP contribution in [0.15, 0.2) is 41.3 Å². The van der Waals surface area contributed by atoms with E-state index >= 15 is 0 Å². The Morgan fingerprint density at radius 2 is 1.45 bits per heavy atom. The fourth-order valence-electron chi connectivity index (χ4n) is 4.88. The van der Waals surface area contributed by atoms with Crippen molar-refractivity contribution in [3.05, 3.63) is 58.7 Å². The van der Waals surface area contributed by atoms with E-state index in [1.807, 2.05) is 45.0 Å². The van der Waals surface area contributed by atoms with E-state index in [2.05, 4.69) is 0 Å². The van der Waals surface area contributed by atoms with Gasteiger partial charge in [0.05, 0.1) is 4.90 Å². The monoisotopic (exact) mass is 469 g/mol. The van der Waals surface area contributed by atoms with Crippen LogP contribution in [-0.2, 0) is 14.8 Å². The first kappa shape index (κ1) is 23.4. The minimum Gasteiger partial charge on any atom is -0.336 e. The first-order valence-electron chi connectivity index (χ1n) is 11.5. The van der Waals surface area contributed by atoms with Gasteiger partial charge in [-0.2, -0.15) is 4.31 Å². The Morgan fingerprint density at radius 1 is 0.848 bits per heavy atom. The van der Waals surface area contributed by atoms with Gasteiger partial charge in [0.15, 0.2) is 0 Å². The number of nitrogens with zero attached hydrogens (tertiary/aromatic N) is 3. The van der Waals surface area contributed by atoms with Crippen molar-refractivity contribution in [3.8, 4) is 0 Å². The largest absolute Gasteiger partial charge is 0.336 e. The number of hydrogen-bond acceptors (Lipinski definition) is 4. The minimum atomic E-state index is -3.62. The lowest BCUT2D eigenvalue weighted by atomic mass is 10.1. The first-order valence-corrected chi connectivity index (χ1v) is 12.9. The Balaban J connectivity index is 1.42. The van der Waals surface area contributed by atoms with Crippen molar-refractivity contribution >= 4 is 27.5 Å². The number of piperidine rings is 1. The number of carbonyl (C=O) groups excluding carboxylic acids is 2. The average molecular weight is 470 g/mol. The van der Waals surface area contributed by atoms with E-state index in [1.165, 1.54) is 4.31 Å². The highest BCUT2D eigenvalue weighted by molar-refractivity contribution is 7.89. The molecule has 2 aromatic rings. The van der Waals surface area contributed by atoms with Crippen LogP contribution >= 0.6 is 0 Å². The third-order valence-corrected chi connectivity index (χ3v) is 8.68. The van der Waals surface area contributed by atoms with Gasteiger partial charge in [-0.15, -0.1) is 0 Å². The smallest absolute Gasteiger partial charge is 0.253 e. The van der Waals surface area contributed by atoms with Crippen LogP contribution in [0.3, 0.4) is 0 Å². The number of aryl methyl sites for hydroxylation is 3. The summed E-state index contributed by atoms with van der Waals surface area (Å²) in [6, 6.07) is 10.9. The van der Waals surface area contributed by atoms with Crippen LogP contribution in [0.5, 0.6) is 0 Å². The second-order valence-corrected chi connectivity index (χ2v) is 10.8. The van der Waals surface area contributed by atoms with Crippen LogP contribution in [-0.4, -0.2) is 62.2 Å². The summed E-state index contributed by atoms with van der Waals surface area (Å²) in [5.74, 6) is 0.00275. The van der Waals surface area contributed by atoms with E-state index in [1.54, 1.807) is 21.9 Å². The lowest BCUT2D eigenvalue weighted by Gasteiger charge is -2.34. The fourth-order valence-corrected chi connectivity index (χ4v) is 6.71. The van der Waals surface area contributed by atoms with Gasteiger partial charge in [0.2, 0.25) is 15.9 Å². The molecule has 0 N–H and O–H groups in total. The Bertz CT molecular complexity index is 1140. The molecule has 4 rings (SSSR count). The summed E-state index contributed by atoms with van der Waals surface area (Å²) in [5.41, 5.74) is 3.90. The molecule has 2 fully saturated rings. The maximum atomic E-state index is 13.3. The Morgan fingerprint density at radius 3 is 2.03 bits per heavy atom. The van der Waals surface area contributed by atoms with Crippen LogP contribution < -0.4 is 4.90 Å². The van der Waals surface area contributed by atoms with Crippen molar-refractivity contribution in [1.82, 2.24) is 9.21 Å². The second-order valence-electron chi connectivity index (χ2n) is 8.97. The summed E-state index contributed by atoms with van der Waals surface area (Å²) in [5, 5.41) is 0. The van der Waals surface area contributed by atoms with Gasteiger partial charge in [0.25, 0.3) is 5.91 Å². The zero-order chi connectivity index (χ0) is 23.8. The predicted octanol–water partition coefficient (Wildman–Crippen LogP) is 3.28. The Labute approximate surface area is 196 Å². The molecule has 2 heterocycles. The van der Waals surface area contributed by atoms with E-state index in [9.17, 15) is 18.0 Å². The number of amides is 2. The molecule has 33 heavy (non-hydrogen) atoms. The molecule has 0 spiro atoms. The van der Waals surface area contributed by atoms with Crippen molar-refractivity contribution in [2.45, 2.75) is 44.9 Å². The molecule has 176 valence electrons. The highest BCUT2D eigenvalue weighted by atomic mass is 32.2. The molecule has 0 saturated carbocycles. The molecular weight excluding hydrogens is 438 g/mol. The molecule has 2 saturated heterocycles. The summed E-state index contributed by atoms with van der Waals surface area (Å²) in [7, 11) is -3.62. The van der Waals surface area contributed by atoms with Crippen LogP contribution in [0.4, 0.5) is 5.69 Å². The zero-order valence-electron chi connectivity index (χ0n) is 19.5. The Kier molecular flexibility index (Phi) is 6.59. The number of sulfonamides is 1. The van der Waals surface area contributed by atoms with Crippen LogP contribution in [0.2, 0.25) is 0 Å². The van der Waals surface area contributed by atoms with E-state index in [-0.39, 0.29) is 24.9 Å². The topological polar surface area (TPSA) is 78.0 Å². The van der Waals surface area contributed by atoms with Gasteiger partial charge in [0, 0.05) is 50.4 Å². The van der Waals surface area contributed by atoms with Gasteiger partial charge in [-0.05, 0) is 69.0 Å². The zero-order valence-corrected chi connectivity index (χ0v) is 20.3. The second kappa shape index (κ2) is 9.27. The molecule has 8 heteroatoms. The minimum absolute atomic E-state index is 0.119. The highest BCUT2D eigenvalue weighted by Gasteiger charge is 2.32. The number of carbonyl (C=O) groups is 2. The third-order valence-electron chi connectivity index (χ3n) is 6.48. The van der Waals surface area contributed by atoms with Crippen molar-refractivity contribution in [3.63, 3.8) is 0 Å². The van der Waals surface area contributed by atoms with Gasteiger partial charge < -0.3 is 9.80 Å². The fraction of sp³-hybridized carbons (Fsp3) is 0.440. The number of hydrogen-bond donors (Lipinski definition) is 0. The van der Waals surface area contributed by atoms with E-state index < -0.39 is 10.0 Å². The lowest BCUT2D eigenvalue weighted by molar-refractivity contribution is -0.119. The molecule has 0 unspecified atom stereocenters.